The number of amidine groups is 1. The van der Waals surface area contributed by atoms with Gasteiger partial charge in [0.2, 0.25) is 5.91 Å². The van der Waals surface area contributed by atoms with Crippen LogP contribution in [0.15, 0.2) is 82.9 Å². The zero-order valence-corrected chi connectivity index (χ0v) is 19.5. The number of hydrogen-bond acceptors (Lipinski definition) is 5. The quantitative estimate of drug-likeness (QED) is 0.509. The summed E-state index contributed by atoms with van der Waals surface area (Å²) in [5.41, 5.74) is 2.15. The van der Waals surface area contributed by atoms with Crippen LogP contribution >= 0.6 is 11.8 Å². The van der Waals surface area contributed by atoms with E-state index in [-0.39, 0.29) is 29.8 Å². The molecule has 0 saturated carbocycles. The van der Waals surface area contributed by atoms with Crippen LogP contribution in [-0.2, 0) is 9.59 Å². The third-order valence-corrected chi connectivity index (χ3v) is 6.93. The summed E-state index contributed by atoms with van der Waals surface area (Å²) in [6.45, 7) is 0. The standard InChI is InChI=1S/C26H19F3N4O2S/c27-17-9-5-15(6-10-17)21-13-22(16-7-11-18(28)12-8-16)33(32-21)26-31-25(35)23(36-26)14-24(34)30-20-4-2-1-3-19(20)29/h1-12,22-23H,13-14H2,(H,30,34)/t22-,23+/m1/s1. The van der Waals surface area contributed by atoms with Crippen molar-refractivity contribution in [1.29, 1.82) is 0 Å². The summed E-state index contributed by atoms with van der Waals surface area (Å²) in [5, 5.41) is 8.22. The summed E-state index contributed by atoms with van der Waals surface area (Å²) in [7, 11) is 0. The van der Waals surface area contributed by atoms with Crippen molar-refractivity contribution in [3.63, 3.8) is 0 Å². The van der Waals surface area contributed by atoms with Crippen molar-refractivity contribution in [2.75, 3.05) is 5.32 Å². The SMILES string of the molecule is O=C(C[C@@H]1SC(N2N=C(c3ccc(F)cc3)C[C@@H]2c2ccc(F)cc2)=NC1=O)Nc1ccccc1F. The molecule has 0 aliphatic carbocycles. The molecule has 182 valence electrons. The van der Waals surface area contributed by atoms with Crippen LogP contribution in [0.25, 0.3) is 0 Å². The second kappa shape index (κ2) is 9.98. The molecule has 1 N–H and O–H groups in total. The minimum absolute atomic E-state index is 0.0311. The van der Waals surface area contributed by atoms with Gasteiger partial charge in [0, 0.05) is 12.8 Å². The Kier molecular flexibility index (Phi) is 6.60. The molecule has 2 heterocycles. The first-order valence-corrected chi connectivity index (χ1v) is 12.0. The number of rotatable bonds is 5. The van der Waals surface area contributed by atoms with Crippen LogP contribution in [0.1, 0.15) is 30.0 Å². The molecule has 0 fully saturated rings. The number of nitrogens with one attached hydrogen (secondary N) is 1. The Labute approximate surface area is 208 Å². The van der Waals surface area contributed by atoms with E-state index in [1.54, 1.807) is 35.3 Å². The van der Waals surface area contributed by atoms with Gasteiger partial charge < -0.3 is 5.32 Å². The van der Waals surface area contributed by atoms with Crippen LogP contribution in [0.5, 0.6) is 0 Å². The average Bonchev–Trinajstić information content (AvgIpc) is 3.45. The van der Waals surface area contributed by atoms with Gasteiger partial charge in [-0.3, -0.25) is 9.59 Å². The van der Waals surface area contributed by atoms with Crippen molar-refractivity contribution in [3.8, 4) is 0 Å². The molecule has 0 saturated heterocycles. The van der Waals surface area contributed by atoms with Gasteiger partial charge >= 0.3 is 0 Å². The number of amides is 2. The molecule has 36 heavy (non-hydrogen) atoms. The second-order valence-corrected chi connectivity index (χ2v) is 9.41. The molecule has 5 rings (SSSR count). The number of carbonyl (C=O) groups excluding carboxylic acids is 2. The molecule has 2 amide bonds. The largest absolute Gasteiger partial charge is 0.324 e. The van der Waals surface area contributed by atoms with E-state index in [2.05, 4.69) is 15.4 Å². The number of para-hydroxylation sites is 1. The lowest BCUT2D eigenvalue weighted by atomic mass is 9.98. The molecule has 2 aliphatic heterocycles. The number of halogens is 3. The zero-order valence-electron chi connectivity index (χ0n) is 18.7. The number of nitrogens with zero attached hydrogens (tertiary/aromatic N) is 3. The first-order chi connectivity index (χ1) is 17.4. The number of thioether (sulfide) groups is 1. The number of anilines is 1. The lowest BCUT2D eigenvalue weighted by molar-refractivity contribution is -0.121. The summed E-state index contributed by atoms with van der Waals surface area (Å²) < 4.78 is 40.8. The molecule has 0 aromatic heterocycles. The van der Waals surface area contributed by atoms with Gasteiger partial charge in [0.25, 0.3) is 5.91 Å². The first-order valence-electron chi connectivity index (χ1n) is 11.1. The monoisotopic (exact) mass is 508 g/mol. The van der Waals surface area contributed by atoms with Gasteiger partial charge in [-0.2, -0.15) is 10.1 Å². The van der Waals surface area contributed by atoms with Gasteiger partial charge in [-0.1, -0.05) is 48.2 Å². The lowest BCUT2D eigenvalue weighted by Crippen LogP contribution is -2.25. The normalized spacial score (nSPS) is 19.3. The maximum absolute atomic E-state index is 13.9. The van der Waals surface area contributed by atoms with E-state index in [0.717, 1.165) is 17.3 Å². The second-order valence-electron chi connectivity index (χ2n) is 8.24. The lowest BCUT2D eigenvalue weighted by Gasteiger charge is -2.23. The Bertz CT molecular complexity index is 1380. The van der Waals surface area contributed by atoms with Gasteiger partial charge in [0.15, 0.2) is 5.17 Å². The van der Waals surface area contributed by atoms with Gasteiger partial charge in [-0.05, 0) is 47.5 Å². The maximum atomic E-state index is 13.9. The fourth-order valence-corrected chi connectivity index (χ4v) is 5.05. The summed E-state index contributed by atoms with van der Waals surface area (Å²) >= 11 is 1.09. The summed E-state index contributed by atoms with van der Waals surface area (Å²) in [6, 6.07) is 17.2. The molecule has 0 unspecified atom stereocenters. The maximum Gasteiger partial charge on any atom is 0.262 e. The molecule has 2 atom stereocenters. The number of hydrogen-bond donors (Lipinski definition) is 1. The van der Waals surface area contributed by atoms with E-state index >= 15 is 0 Å². The van der Waals surface area contributed by atoms with Crippen molar-refractivity contribution in [2.45, 2.75) is 24.1 Å². The van der Waals surface area contributed by atoms with Crippen molar-refractivity contribution in [3.05, 3.63) is 101 Å². The highest BCUT2D eigenvalue weighted by Gasteiger charge is 2.39. The van der Waals surface area contributed by atoms with Crippen molar-refractivity contribution >= 4 is 40.1 Å². The molecule has 0 radical (unpaired) electrons. The van der Waals surface area contributed by atoms with E-state index in [0.29, 0.717) is 22.9 Å². The fraction of sp³-hybridized carbons (Fsp3) is 0.154. The van der Waals surface area contributed by atoms with Crippen molar-refractivity contribution in [1.82, 2.24) is 5.01 Å². The summed E-state index contributed by atoms with van der Waals surface area (Å²) in [4.78, 5) is 29.3. The van der Waals surface area contributed by atoms with Crippen molar-refractivity contribution in [2.24, 2.45) is 10.1 Å². The van der Waals surface area contributed by atoms with E-state index in [4.69, 9.17) is 0 Å². The Balaban J connectivity index is 1.36. The Morgan fingerprint density at radius 3 is 2.33 bits per heavy atom. The highest BCUT2D eigenvalue weighted by molar-refractivity contribution is 8.15. The van der Waals surface area contributed by atoms with E-state index in [1.165, 1.54) is 42.5 Å². The predicted octanol–water partition coefficient (Wildman–Crippen LogP) is 5.28. The summed E-state index contributed by atoms with van der Waals surface area (Å²) in [6.07, 6.45) is 0.220. The molecule has 3 aromatic rings. The van der Waals surface area contributed by atoms with E-state index < -0.39 is 22.9 Å². The molecule has 10 heteroatoms. The third kappa shape index (κ3) is 5.03. The molecule has 2 aliphatic rings. The van der Waals surface area contributed by atoms with Gasteiger partial charge in [0.1, 0.15) is 22.7 Å². The molecule has 6 nitrogen and oxygen atoms in total. The number of aliphatic imine (C=N–C) groups is 1. The summed E-state index contributed by atoms with van der Waals surface area (Å²) in [5.74, 6) is -2.35. The highest BCUT2D eigenvalue weighted by atomic mass is 32.2. The van der Waals surface area contributed by atoms with Crippen LogP contribution in [0.4, 0.5) is 18.9 Å². The van der Waals surface area contributed by atoms with Gasteiger partial charge in [0.05, 0.1) is 17.4 Å². The van der Waals surface area contributed by atoms with E-state index in [9.17, 15) is 22.8 Å². The van der Waals surface area contributed by atoms with Crippen LogP contribution in [0.3, 0.4) is 0 Å². The van der Waals surface area contributed by atoms with Crippen LogP contribution in [-0.4, -0.2) is 33.0 Å². The number of hydrazone groups is 1. The fourth-order valence-electron chi connectivity index (χ4n) is 3.98. The Morgan fingerprint density at radius 1 is 0.972 bits per heavy atom. The van der Waals surface area contributed by atoms with Gasteiger partial charge in [-0.15, -0.1) is 0 Å². The van der Waals surface area contributed by atoms with Crippen LogP contribution < -0.4 is 5.32 Å². The number of carbonyl (C=O) groups is 2. The van der Waals surface area contributed by atoms with E-state index in [1.807, 2.05) is 0 Å². The Morgan fingerprint density at radius 2 is 1.64 bits per heavy atom. The minimum atomic E-state index is -0.800. The molecule has 0 bridgehead atoms. The topological polar surface area (TPSA) is 74.1 Å². The highest BCUT2D eigenvalue weighted by Crippen LogP contribution is 2.38. The molecule has 0 spiro atoms. The minimum Gasteiger partial charge on any atom is -0.324 e. The molecular formula is C26H19F3N4O2S. The van der Waals surface area contributed by atoms with Gasteiger partial charge in [-0.25, -0.2) is 18.2 Å². The van der Waals surface area contributed by atoms with Crippen LogP contribution in [0, 0.1) is 17.5 Å². The molecule has 3 aromatic carbocycles. The predicted molar refractivity (Wildman–Crippen MR) is 132 cm³/mol. The average molecular weight is 509 g/mol. The zero-order chi connectivity index (χ0) is 25.2. The van der Waals surface area contributed by atoms with Crippen LogP contribution in [0.2, 0.25) is 0 Å². The Hall–Kier alpha value is -3.92. The smallest absolute Gasteiger partial charge is 0.262 e. The third-order valence-electron chi connectivity index (χ3n) is 5.79. The first kappa shape index (κ1) is 23.8. The molecular weight excluding hydrogens is 489 g/mol. The van der Waals surface area contributed by atoms with Crippen molar-refractivity contribution < 1.29 is 22.8 Å². The number of benzene rings is 3.